The third kappa shape index (κ3) is 18.0. The number of carboxylic acids is 2. The summed E-state index contributed by atoms with van der Waals surface area (Å²) in [5.41, 5.74) is 0. The Morgan fingerprint density at radius 2 is 1.47 bits per heavy atom. The molecule has 0 aromatic carbocycles. The number of hydrogen-bond donors (Lipinski definition) is 2. The van der Waals surface area contributed by atoms with Crippen LogP contribution in [0.3, 0.4) is 0 Å². The Labute approximate surface area is 110 Å². The van der Waals surface area contributed by atoms with Crippen molar-refractivity contribution < 1.29 is 61.5 Å². The molecule has 96 valence electrons. The van der Waals surface area contributed by atoms with Crippen molar-refractivity contribution >= 4 is 22.3 Å². The molecule has 0 saturated heterocycles. The van der Waals surface area contributed by atoms with Crippen LogP contribution in [0.1, 0.15) is 13.8 Å². The van der Waals surface area contributed by atoms with Crippen molar-refractivity contribution in [2.24, 2.45) is 0 Å². The van der Waals surface area contributed by atoms with Gasteiger partial charge in [-0.05, 0) is 13.8 Å². The molecule has 0 aliphatic carbocycles. The number of aliphatic hydroxyl groups excluding tert-OH is 1. The van der Waals surface area contributed by atoms with Crippen LogP contribution in [0, 0.1) is 0 Å². The predicted molar refractivity (Wildman–Crippen MR) is 43.8 cm³/mol. The van der Waals surface area contributed by atoms with Gasteiger partial charge in [0.25, 0.3) is 0 Å². The minimum absolute atomic E-state index is 0. The van der Waals surface area contributed by atoms with Gasteiger partial charge in [-0.1, -0.05) is 0 Å². The first-order chi connectivity index (χ1) is 6.97. The molecule has 2 N–H and O–H groups in total. The number of aliphatic carboxylic acids is 2. The van der Waals surface area contributed by atoms with Gasteiger partial charge in [0.2, 0.25) is 0 Å². The monoisotopic (exact) mass is 322 g/mol. The number of hydrogen-bond acceptors (Lipinski definition) is 8. The van der Waals surface area contributed by atoms with Crippen molar-refractivity contribution in [1.82, 2.24) is 0 Å². The number of carboxylic acid groups (broad SMARTS) is 2. The number of rotatable bonds is 4. The van der Waals surface area contributed by atoms with Gasteiger partial charge < -0.3 is 24.9 Å². The molecular weight excluding hydrogens is 314 g/mol. The molecule has 0 aliphatic rings. The summed E-state index contributed by atoms with van der Waals surface area (Å²) in [5, 5.41) is 27.1. The van der Waals surface area contributed by atoms with Crippen LogP contribution < -0.4 is 10.2 Å². The van der Waals surface area contributed by atoms with E-state index < -0.39 is 34.5 Å². The minimum atomic E-state index is -4.69. The molecule has 0 rings (SSSR count). The Bertz CT molecular complexity index is 335. The summed E-state index contributed by atoms with van der Waals surface area (Å²) < 4.78 is 31.0. The average Bonchev–Trinajstić information content (AvgIpc) is 2.01. The van der Waals surface area contributed by atoms with E-state index in [0.29, 0.717) is 0 Å². The van der Waals surface area contributed by atoms with Gasteiger partial charge >= 0.3 is 29.9 Å². The molecule has 0 amide bonds. The van der Waals surface area contributed by atoms with Gasteiger partial charge in [0.15, 0.2) is 0 Å². The molecule has 0 aliphatic heterocycles. The Hall–Kier alpha value is -0.607. The first-order valence-corrected chi connectivity index (χ1v) is 5.09. The summed E-state index contributed by atoms with van der Waals surface area (Å²) in [5.74, 6) is -3.15. The van der Waals surface area contributed by atoms with E-state index in [-0.39, 0.29) is 19.5 Å². The van der Waals surface area contributed by atoms with Crippen LogP contribution in [0.4, 0.5) is 0 Å². The van der Waals surface area contributed by atoms with E-state index in [0.717, 1.165) is 13.8 Å². The zero-order chi connectivity index (χ0) is 13.5. The Balaban J connectivity index is -0.000000244. The van der Waals surface area contributed by atoms with Crippen molar-refractivity contribution in [3.63, 3.8) is 0 Å². The van der Waals surface area contributed by atoms with Crippen molar-refractivity contribution in [2.45, 2.75) is 26.1 Å². The molecule has 0 bridgehead atoms. The largest absolute Gasteiger partial charge is 2.00 e. The van der Waals surface area contributed by atoms with Crippen LogP contribution in [-0.4, -0.2) is 42.2 Å². The molecule has 0 aromatic rings. The van der Waals surface area contributed by atoms with E-state index in [1.54, 1.807) is 0 Å². The minimum Gasteiger partial charge on any atom is -0.547 e. The molecule has 0 radical (unpaired) electrons. The average molecular weight is 324 g/mol. The molecule has 0 aromatic heterocycles. The van der Waals surface area contributed by atoms with Crippen LogP contribution in [-0.2, 0) is 43.6 Å². The third-order valence-corrected chi connectivity index (χ3v) is 1.47. The first-order valence-electron chi connectivity index (χ1n) is 3.73. The zero-order valence-corrected chi connectivity index (χ0v) is 12.8. The second-order valence-electron chi connectivity index (χ2n) is 2.48. The van der Waals surface area contributed by atoms with Crippen LogP contribution in [0.2, 0.25) is 0 Å². The summed E-state index contributed by atoms with van der Waals surface area (Å²) >= 11 is 0. The predicted octanol–water partition coefficient (Wildman–Crippen LogP) is -3.94. The zero-order valence-electron chi connectivity index (χ0n) is 9.02. The van der Waals surface area contributed by atoms with Gasteiger partial charge in [-0.2, -0.15) is 8.42 Å². The molecule has 0 heterocycles. The van der Waals surface area contributed by atoms with E-state index in [9.17, 15) is 28.2 Å². The van der Waals surface area contributed by atoms with E-state index in [4.69, 9.17) is 9.66 Å². The number of carbonyl (C=O) groups excluding carboxylic acids is 2. The molecule has 0 spiro atoms. The van der Waals surface area contributed by atoms with Crippen LogP contribution in [0.25, 0.3) is 0 Å². The Kier molecular flexibility index (Phi) is 12.0. The SMILES string of the molecule is CC(O)C(=O)[O-].CC(OS(=O)(=O)O)C(=O)[O-].[Zn+2]. The summed E-state index contributed by atoms with van der Waals surface area (Å²) in [7, 11) is -4.69. The fourth-order valence-corrected chi connectivity index (χ4v) is 0.665. The van der Waals surface area contributed by atoms with Gasteiger partial charge in [0.05, 0.1) is 18.0 Å². The number of aliphatic hydroxyl groups is 1. The summed E-state index contributed by atoms with van der Waals surface area (Å²) in [6.45, 7) is 2.05. The second-order valence-corrected chi connectivity index (χ2v) is 3.53. The summed E-state index contributed by atoms with van der Waals surface area (Å²) in [6.07, 6.45) is -3.01. The summed E-state index contributed by atoms with van der Waals surface area (Å²) in [6, 6.07) is 0. The van der Waals surface area contributed by atoms with Crippen molar-refractivity contribution in [3.05, 3.63) is 0 Å². The number of carbonyl (C=O) groups is 2. The van der Waals surface area contributed by atoms with Gasteiger partial charge in [-0.3, -0.25) is 4.55 Å². The molecule has 0 saturated carbocycles. The second kappa shape index (κ2) is 9.43. The van der Waals surface area contributed by atoms with Crippen LogP contribution >= 0.6 is 0 Å². The van der Waals surface area contributed by atoms with Crippen molar-refractivity contribution in [3.8, 4) is 0 Å². The smallest absolute Gasteiger partial charge is 0.547 e. The van der Waals surface area contributed by atoms with Gasteiger partial charge in [-0.25, -0.2) is 4.18 Å². The van der Waals surface area contributed by atoms with Crippen molar-refractivity contribution in [1.29, 1.82) is 0 Å². The molecular formula is C6H10O9SZn. The molecule has 2 atom stereocenters. The maximum absolute atomic E-state index is 9.79. The van der Waals surface area contributed by atoms with Crippen LogP contribution in [0.5, 0.6) is 0 Å². The fraction of sp³-hybridized carbons (Fsp3) is 0.667. The Morgan fingerprint density at radius 3 is 1.53 bits per heavy atom. The van der Waals surface area contributed by atoms with E-state index in [2.05, 4.69) is 4.18 Å². The summed E-state index contributed by atoms with van der Waals surface area (Å²) in [4.78, 5) is 19.1. The van der Waals surface area contributed by atoms with Crippen LogP contribution in [0.15, 0.2) is 0 Å². The molecule has 17 heavy (non-hydrogen) atoms. The van der Waals surface area contributed by atoms with E-state index >= 15 is 0 Å². The molecule has 9 nitrogen and oxygen atoms in total. The molecule has 0 fully saturated rings. The van der Waals surface area contributed by atoms with Gasteiger partial charge in [0, 0.05) is 0 Å². The standard InChI is InChI=1S/C3H6O6S.C3H6O3.Zn/c1-2(3(4)5)9-10(6,7)8;1-2(4)3(5)6;/h2H,1H3,(H,4,5)(H,6,7,8);2,4H,1H3,(H,5,6);/q;;+2/p-2. The fourth-order valence-electron chi connectivity index (χ4n) is 0.222. The van der Waals surface area contributed by atoms with Gasteiger partial charge in [-0.15, -0.1) is 0 Å². The maximum Gasteiger partial charge on any atom is 2.00 e. The van der Waals surface area contributed by atoms with E-state index in [1.807, 2.05) is 0 Å². The maximum atomic E-state index is 9.79. The topological polar surface area (TPSA) is 164 Å². The van der Waals surface area contributed by atoms with Gasteiger partial charge in [0.1, 0.15) is 6.10 Å². The molecule has 11 heteroatoms. The molecule has 2 unspecified atom stereocenters. The Morgan fingerprint density at radius 1 is 1.18 bits per heavy atom. The third-order valence-electron chi connectivity index (χ3n) is 0.939. The van der Waals surface area contributed by atoms with Crippen molar-refractivity contribution in [2.75, 3.05) is 0 Å². The van der Waals surface area contributed by atoms with E-state index in [1.165, 1.54) is 0 Å². The quantitative estimate of drug-likeness (QED) is 0.388. The normalized spacial score (nSPS) is 13.4. The first kappa shape index (κ1) is 21.7.